The van der Waals surface area contributed by atoms with E-state index in [1.165, 1.54) is 7.11 Å². The largest absolute Gasteiger partial charge is 0.465 e. The van der Waals surface area contributed by atoms with Crippen molar-refractivity contribution in [2.75, 3.05) is 7.11 Å². The highest BCUT2D eigenvalue weighted by atomic mass is 16.5. The van der Waals surface area contributed by atoms with Gasteiger partial charge in [-0.25, -0.2) is 4.79 Å². The lowest BCUT2D eigenvalue weighted by atomic mass is 10.00. The number of aromatic amines is 1. The number of methoxy groups -OCH3 is 1. The topological polar surface area (TPSA) is 59.2 Å². The number of ether oxygens (including phenoxy) is 1. The number of ketones is 1. The Morgan fingerprint density at radius 1 is 1.28 bits per heavy atom. The Kier molecular flexibility index (Phi) is 3.19. The smallest absolute Gasteiger partial charge is 0.337 e. The van der Waals surface area contributed by atoms with Crippen molar-refractivity contribution < 1.29 is 14.3 Å². The molecule has 0 radical (unpaired) electrons. The van der Waals surface area contributed by atoms with Crippen LogP contribution in [0.3, 0.4) is 0 Å². The second-order valence-electron chi connectivity index (χ2n) is 4.47. The maximum atomic E-state index is 12.0. The van der Waals surface area contributed by atoms with E-state index in [1.807, 2.05) is 13.8 Å². The van der Waals surface area contributed by atoms with Gasteiger partial charge in [0, 0.05) is 28.6 Å². The molecule has 0 aliphatic heterocycles. The van der Waals surface area contributed by atoms with E-state index in [-0.39, 0.29) is 17.7 Å². The first kappa shape index (κ1) is 12.4. The van der Waals surface area contributed by atoms with Gasteiger partial charge in [-0.15, -0.1) is 0 Å². The molecule has 0 saturated carbocycles. The lowest BCUT2D eigenvalue weighted by Crippen LogP contribution is -2.06. The van der Waals surface area contributed by atoms with Crippen LogP contribution >= 0.6 is 0 Å². The third kappa shape index (κ3) is 2.01. The van der Waals surface area contributed by atoms with Crippen molar-refractivity contribution in [3.8, 4) is 0 Å². The maximum Gasteiger partial charge on any atom is 0.337 e. The molecule has 0 bridgehead atoms. The zero-order chi connectivity index (χ0) is 13.3. The number of carbonyl (C=O) groups excluding carboxylic acids is 2. The Balaban J connectivity index is 2.50. The number of esters is 1. The Morgan fingerprint density at radius 3 is 2.61 bits per heavy atom. The van der Waals surface area contributed by atoms with E-state index >= 15 is 0 Å². The van der Waals surface area contributed by atoms with Crippen LogP contribution in [0.1, 0.15) is 34.6 Å². The number of rotatable bonds is 3. The summed E-state index contributed by atoms with van der Waals surface area (Å²) in [6.45, 7) is 3.73. The molecule has 0 unspecified atom stereocenters. The van der Waals surface area contributed by atoms with Gasteiger partial charge in [-0.05, 0) is 12.1 Å². The fourth-order valence-electron chi connectivity index (χ4n) is 1.89. The summed E-state index contributed by atoms with van der Waals surface area (Å²) in [7, 11) is 1.34. The summed E-state index contributed by atoms with van der Waals surface area (Å²) in [6.07, 6.45) is 1.69. The van der Waals surface area contributed by atoms with Gasteiger partial charge in [0.2, 0.25) is 0 Å². The molecule has 0 spiro atoms. The van der Waals surface area contributed by atoms with Crippen molar-refractivity contribution in [3.63, 3.8) is 0 Å². The van der Waals surface area contributed by atoms with Crippen molar-refractivity contribution in [1.82, 2.24) is 4.98 Å². The Bertz CT molecular complexity index is 611. The van der Waals surface area contributed by atoms with Crippen LogP contribution in [0.25, 0.3) is 10.9 Å². The van der Waals surface area contributed by atoms with Crippen LogP contribution in [0, 0.1) is 5.92 Å². The summed E-state index contributed by atoms with van der Waals surface area (Å²) >= 11 is 0. The van der Waals surface area contributed by atoms with Gasteiger partial charge in [-0.1, -0.05) is 19.9 Å². The Morgan fingerprint density at radius 2 is 2.00 bits per heavy atom. The maximum absolute atomic E-state index is 12.0. The zero-order valence-electron chi connectivity index (χ0n) is 10.6. The summed E-state index contributed by atoms with van der Waals surface area (Å²) in [5.74, 6) is -0.348. The minimum Gasteiger partial charge on any atom is -0.465 e. The van der Waals surface area contributed by atoms with Crippen LogP contribution in [-0.2, 0) is 4.74 Å². The Hall–Kier alpha value is -2.10. The first-order chi connectivity index (χ1) is 8.54. The number of fused-ring (bicyclic) bond motifs is 1. The van der Waals surface area contributed by atoms with E-state index in [2.05, 4.69) is 9.72 Å². The number of benzene rings is 1. The summed E-state index contributed by atoms with van der Waals surface area (Å²) in [4.78, 5) is 26.4. The second-order valence-corrected chi connectivity index (χ2v) is 4.47. The van der Waals surface area contributed by atoms with E-state index in [9.17, 15) is 9.59 Å². The second kappa shape index (κ2) is 4.64. The van der Waals surface area contributed by atoms with Crippen LogP contribution in [0.5, 0.6) is 0 Å². The van der Waals surface area contributed by atoms with Crippen molar-refractivity contribution in [2.24, 2.45) is 5.92 Å². The van der Waals surface area contributed by atoms with Gasteiger partial charge in [0.25, 0.3) is 0 Å². The number of Topliss-reactive ketones (excluding diaryl/α,β-unsaturated/α-hetero) is 1. The van der Waals surface area contributed by atoms with Gasteiger partial charge >= 0.3 is 5.97 Å². The molecule has 1 N–H and O–H groups in total. The standard InChI is InChI=1S/C14H15NO3/c1-8(2)13(16)11-7-15-12-6-9(14(17)18-3)4-5-10(11)12/h4-8,15H,1-3H3. The van der Waals surface area contributed by atoms with Gasteiger partial charge in [0.05, 0.1) is 12.7 Å². The highest BCUT2D eigenvalue weighted by Gasteiger charge is 2.16. The molecule has 1 aromatic heterocycles. The lowest BCUT2D eigenvalue weighted by molar-refractivity contribution is 0.0600. The van der Waals surface area contributed by atoms with Crippen molar-refractivity contribution in [1.29, 1.82) is 0 Å². The molecule has 1 aromatic carbocycles. The summed E-state index contributed by atoms with van der Waals surface area (Å²) in [5.41, 5.74) is 1.90. The molecule has 0 fully saturated rings. The molecule has 0 saturated heterocycles. The fourth-order valence-corrected chi connectivity index (χ4v) is 1.89. The number of H-pyrrole nitrogens is 1. The van der Waals surface area contributed by atoms with Gasteiger partial charge in [0.15, 0.2) is 5.78 Å². The van der Waals surface area contributed by atoms with Crippen LogP contribution in [0.2, 0.25) is 0 Å². The zero-order valence-corrected chi connectivity index (χ0v) is 10.6. The molecule has 18 heavy (non-hydrogen) atoms. The first-order valence-corrected chi connectivity index (χ1v) is 5.78. The number of carbonyl (C=O) groups is 2. The highest BCUT2D eigenvalue weighted by Crippen LogP contribution is 2.22. The van der Waals surface area contributed by atoms with Gasteiger partial charge in [0.1, 0.15) is 0 Å². The summed E-state index contributed by atoms with van der Waals surface area (Å²) in [6, 6.07) is 5.13. The van der Waals surface area contributed by atoms with Crippen molar-refractivity contribution >= 4 is 22.7 Å². The average Bonchev–Trinajstić information content (AvgIpc) is 2.79. The normalized spacial score (nSPS) is 10.9. The molecular weight excluding hydrogens is 230 g/mol. The molecule has 94 valence electrons. The molecule has 0 amide bonds. The van der Waals surface area contributed by atoms with Gasteiger partial charge < -0.3 is 9.72 Å². The minimum absolute atomic E-state index is 0.0516. The fraction of sp³-hybridized carbons (Fsp3) is 0.286. The minimum atomic E-state index is -0.386. The van der Waals surface area contributed by atoms with Crippen LogP contribution in [0.15, 0.2) is 24.4 Å². The molecular formula is C14H15NO3. The molecule has 2 aromatic rings. The predicted octanol–water partition coefficient (Wildman–Crippen LogP) is 2.79. The molecule has 4 nitrogen and oxygen atoms in total. The van der Waals surface area contributed by atoms with Crippen molar-refractivity contribution in [3.05, 3.63) is 35.5 Å². The number of hydrogen-bond donors (Lipinski definition) is 1. The summed E-state index contributed by atoms with van der Waals surface area (Å²) in [5, 5.41) is 0.835. The predicted molar refractivity (Wildman–Crippen MR) is 68.8 cm³/mol. The molecule has 0 aliphatic rings. The third-order valence-electron chi connectivity index (χ3n) is 2.89. The van der Waals surface area contributed by atoms with E-state index < -0.39 is 0 Å². The molecule has 4 heteroatoms. The van der Waals surface area contributed by atoms with Gasteiger partial charge in [-0.2, -0.15) is 0 Å². The van der Waals surface area contributed by atoms with E-state index in [0.717, 1.165) is 10.9 Å². The SMILES string of the molecule is COC(=O)c1ccc2c(C(=O)C(C)C)c[nH]c2c1. The van der Waals surface area contributed by atoms with Crippen LogP contribution < -0.4 is 0 Å². The van der Waals surface area contributed by atoms with Crippen LogP contribution in [-0.4, -0.2) is 23.8 Å². The number of aromatic nitrogens is 1. The highest BCUT2D eigenvalue weighted by molar-refractivity contribution is 6.09. The molecule has 0 atom stereocenters. The summed E-state index contributed by atoms with van der Waals surface area (Å²) < 4.78 is 4.66. The number of hydrogen-bond acceptors (Lipinski definition) is 3. The molecule has 1 heterocycles. The van der Waals surface area contributed by atoms with E-state index in [1.54, 1.807) is 24.4 Å². The molecule has 2 rings (SSSR count). The quantitative estimate of drug-likeness (QED) is 0.668. The van der Waals surface area contributed by atoms with Gasteiger partial charge in [-0.3, -0.25) is 4.79 Å². The first-order valence-electron chi connectivity index (χ1n) is 5.78. The monoisotopic (exact) mass is 245 g/mol. The number of nitrogens with one attached hydrogen (secondary N) is 1. The van der Waals surface area contributed by atoms with E-state index in [0.29, 0.717) is 11.1 Å². The third-order valence-corrected chi connectivity index (χ3v) is 2.89. The van der Waals surface area contributed by atoms with Crippen molar-refractivity contribution in [2.45, 2.75) is 13.8 Å². The van der Waals surface area contributed by atoms with Crippen LogP contribution in [0.4, 0.5) is 0 Å². The lowest BCUT2D eigenvalue weighted by Gasteiger charge is -2.03. The van der Waals surface area contributed by atoms with E-state index in [4.69, 9.17) is 0 Å². The Labute approximate surface area is 105 Å². The molecule has 0 aliphatic carbocycles. The average molecular weight is 245 g/mol.